The summed E-state index contributed by atoms with van der Waals surface area (Å²) in [6.45, 7) is 3.67. The molecule has 6 nitrogen and oxygen atoms in total. The van der Waals surface area contributed by atoms with E-state index in [4.69, 9.17) is 11.6 Å². The summed E-state index contributed by atoms with van der Waals surface area (Å²) < 4.78 is 29.4. The highest BCUT2D eigenvalue weighted by molar-refractivity contribution is 7.92. The first-order valence-electron chi connectivity index (χ1n) is 6.54. The lowest BCUT2D eigenvalue weighted by Crippen LogP contribution is -2.17. The molecule has 2 heterocycles. The van der Waals surface area contributed by atoms with Gasteiger partial charge in [-0.25, -0.2) is 4.98 Å². The Morgan fingerprint density at radius 3 is 2.86 bits per heavy atom. The summed E-state index contributed by atoms with van der Waals surface area (Å²) in [5, 5.41) is 5.52. The Morgan fingerprint density at radius 2 is 2.18 bits per heavy atom. The molecule has 116 valence electrons. The number of halogens is 1. The smallest absolute Gasteiger partial charge is 0.278 e. The van der Waals surface area contributed by atoms with Gasteiger partial charge in [-0.2, -0.15) is 18.0 Å². The van der Waals surface area contributed by atoms with E-state index in [2.05, 4.69) is 14.8 Å². The molecule has 3 aromatic rings. The first-order chi connectivity index (χ1) is 10.4. The van der Waals surface area contributed by atoms with Gasteiger partial charge < -0.3 is 0 Å². The highest BCUT2D eigenvalue weighted by Gasteiger charge is 2.26. The van der Waals surface area contributed by atoms with Crippen LogP contribution in [0.4, 0.5) is 5.69 Å². The van der Waals surface area contributed by atoms with Crippen LogP contribution in [0.25, 0.3) is 4.96 Å². The van der Waals surface area contributed by atoms with E-state index in [1.165, 1.54) is 15.9 Å². The predicted octanol–water partition coefficient (Wildman–Crippen LogP) is 3.12. The van der Waals surface area contributed by atoms with E-state index in [0.29, 0.717) is 27.8 Å². The van der Waals surface area contributed by atoms with Crippen molar-refractivity contribution in [2.24, 2.45) is 0 Å². The van der Waals surface area contributed by atoms with Crippen molar-refractivity contribution in [1.82, 2.24) is 14.6 Å². The topological polar surface area (TPSA) is 76.4 Å². The van der Waals surface area contributed by atoms with Crippen LogP contribution in [-0.2, 0) is 16.4 Å². The second-order valence-electron chi connectivity index (χ2n) is 4.65. The number of sulfonamides is 1. The number of anilines is 1. The number of fused-ring (bicyclic) bond motifs is 1. The molecule has 1 N–H and O–H groups in total. The molecule has 0 radical (unpaired) electrons. The Labute approximate surface area is 136 Å². The molecule has 2 aromatic heterocycles. The molecule has 0 bridgehead atoms. The van der Waals surface area contributed by atoms with Gasteiger partial charge in [-0.15, -0.1) is 0 Å². The molecule has 0 atom stereocenters. The third-order valence-electron chi connectivity index (χ3n) is 3.00. The van der Waals surface area contributed by atoms with Crippen LogP contribution in [0.5, 0.6) is 0 Å². The van der Waals surface area contributed by atoms with Crippen molar-refractivity contribution in [3.63, 3.8) is 0 Å². The van der Waals surface area contributed by atoms with Crippen LogP contribution in [0.2, 0.25) is 5.02 Å². The molecule has 0 saturated carbocycles. The van der Waals surface area contributed by atoms with Gasteiger partial charge in [-0.05, 0) is 31.5 Å². The Balaban J connectivity index is 2.12. The van der Waals surface area contributed by atoms with Crippen LogP contribution in [0.1, 0.15) is 17.6 Å². The second kappa shape index (κ2) is 5.53. The van der Waals surface area contributed by atoms with E-state index in [9.17, 15) is 8.42 Å². The molecule has 0 amide bonds. The van der Waals surface area contributed by atoms with Crippen molar-refractivity contribution < 1.29 is 8.42 Å². The lowest BCUT2D eigenvalue weighted by Gasteiger charge is -2.08. The number of aromatic nitrogens is 3. The fraction of sp³-hybridized carbons (Fsp3) is 0.231. The van der Waals surface area contributed by atoms with Gasteiger partial charge in [0, 0.05) is 5.02 Å². The van der Waals surface area contributed by atoms with Gasteiger partial charge >= 0.3 is 0 Å². The van der Waals surface area contributed by atoms with Crippen molar-refractivity contribution in [2.75, 3.05) is 4.72 Å². The molecule has 0 spiro atoms. The zero-order valence-electron chi connectivity index (χ0n) is 11.9. The monoisotopic (exact) mass is 356 g/mol. The number of imidazole rings is 1. The summed E-state index contributed by atoms with van der Waals surface area (Å²) in [7, 11) is -3.81. The molecular weight excluding hydrogens is 344 g/mol. The van der Waals surface area contributed by atoms with Crippen molar-refractivity contribution in [3.8, 4) is 0 Å². The molecule has 22 heavy (non-hydrogen) atoms. The molecule has 0 aliphatic carbocycles. The van der Waals surface area contributed by atoms with Gasteiger partial charge in [-0.1, -0.05) is 35.9 Å². The minimum absolute atomic E-state index is 0.0781. The highest BCUT2D eigenvalue weighted by Crippen LogP contribution is 2.25. The maximum atomic E-state index is 12.7. The van der Waals surface area contributed by atoms with Crippen molar-refractivity contribution in [2.45, 2.75) is 25.3 Å². The minimum atomic E-state index is -3.81. The normalized spacial score (nSPS) is 12.0. The van der Waals surface area contributed by atoms with Crippen LogP contribution in [0, 0.1) is 6.92 Å². The van der Waals surface area contributed by atoms with Gasteiger partial charge in [0.25, 0.3) is 10.0 Å². The van der Waals surface area contributed by atoms with Crippen molar-refractivity contribution in [3.05, 3.63) is 40.0 Å². The summed E-state index contributed by atoms with van der Waals surface area (Å²) in [6, 6.07) is 6.55. The minimum Gasteiger partial charge on any atom is -0.278 e. The standard InChI is InChI=1S/C13H13ClN4O2S2/c1-3-11-12(18-13(15-11)21-8(2)16-18)22(19,20)17-10-6-4-5-9(14)7-10/h4-7,17H,3H2,1-2H3. The molecule has 9 heteroatoms. The number of benzene rings is 1. The van der Waals surface area contributed by atoms with E-state index in [1.807, 2.05) is 13.8 Å². The number of rotatable bonds is 4. The second-order valence-corrected chi connectivity index (χ2v) is 7.84. The molecule has 0 saturated heterocycles. The Kier molecular flexibility index (Phi) is 3.84. The summed E-state index contributed by atoms with van der Waals surface area (Å²) in [4.78, 5) is 4.92. The maximum Gasteiger partial charge on any atom is 0.281 e. The molecule has 0 aliphatic heterocycles. The average molecular weight is 357 g/mol. The maximum absolute atomic E-state index is 12.7. The quantitative estimate of drug-likeness (QED) is 0.779. The van der Waals surface area contributed by atoms with E-state index < -0.39 is 10.0 Å². The lowest BCUT2D eigenvalue weighted by molar-refractivity contribution is 0.591. The molecule has 1 aromatic carbocycles. The summed E-state index contributed by atoms with van der Waals surface area (Å²) >= 11 is 7.25. The zero-order chi connectivity index (χ0) is 15.9. The molecule has 0 aliphatic rings. The highest BCUT2D eigenvalue weighted by atomic mass is 35.5. The Hall–Kier alpha value is -1.64. The van der Waals surface area contributed by atoms with E-state index in [-0.39, 0.29) is 5.03 Å². The first kappa shape index (κ1) is 15.3. The Bertz CT molecular complexity index is 946. The third kappa shape index (κ3) is 2.69. The summed E-state index contributed by atoms with van der Waals surface area (Å²) in [5.74, 6) is 0. The molecule has 0 unspecified atom stereocenters. The fourth-order valence-corrected chi connectivity index (χ4v) is 4.52. The Morgan fingerprint density at radius 1 is 1.41 bits per heavy atom. The van der Waals surface area contributed by atoms with E-state index >= 15 is 0 Å². The van der Waals surface area contributed by atoms with Crippen LogP contribution in [0.15, 0.2) is 29.3 Å². The van der Waals surface area contributed by atoms with Crippen LogP contribution < -0.4 is 4.72 Å². The van der Waals surface area contributed by atoms with Crippen LogP contribution in [-0.4, -0.2) is 23.0 Å². The summed E-state index contributed by atoms with van der Waals surface area (Å²) in [6.07, 6.45) is 0.501. The van der Waals surface area contributed by atoms with Crippen LogP contribution in [0.3, 0.4) is 0 Å². The predicted molar refractivity (Wildman–Crippen MR) is 87.2 cm³/mol. The average Bonchev–Trinajstić information content (AvgIpc) is 2.93. The van der Waals surface area contributed by atoms with Crippen LogP contribution >= 0.6 is 22.9 Å². The largest absolute Gasteiger partial charge is 0.281 e. The van der Waals surface area contributed by atoms with Gasteiger partial charge in [0.15, 0.2) is 0 Å². The number of hydrogen-bond donors (Lipinski definition) is 1. The lowest BCUT2D eigenvalue weighted by atomic mass is 10.3. The zero-order valence-corrected chi connectivity index (χ0v) is 14.3. The first-order valence-corrected chi connectivity index (χ1v) is 9.22. The fourth-order valence-electron chi connectivity index (χ4n) is 2.12. The number of aryl methyl sites for hydroxylation is 2. The van der Waals surface area contributed by atoms with Crippen molar-refractivity contribution in [1.29, 1.82) is 0 Å². The number of nitrogens with zero attached hydrogens (tertiary/aromatic N) is 3. The summed E-state index contributed by atoms with van der Waals surface area (Å²) in [5.41, 5.74) is 0.893. The number of nitrogens with one attached hydrogen (secondary N) is 1. The SMILES string of the molecule is CCc1nc2sc(C)nn2c1S(=O)(=O)Nc1cccc(Cl)c1. The van der Waals surface area contributed by atoms with E-state index in [1.54, 1.807) is 24.3 Å². The van der Waals surface area contributed by atoms with Gasteiger partial charge in [0.2, 0.25) is 9.99 Å². The molecule has 3 rings (SSSR count). The van der Waals surface area contributed by atoms with Gasteiger partial charge in [-0.3, -0.25) is 4.72 Å². The van der Waals surface area contributed by atoms with Crippen molar-refractivity contribution >= 4 is 43.6 Å². The third-order valence-corrected chi connectivity index (χ3v) is 5.48. The number of hydrogen-bond acceptors (Lipinski definition) is 5. The molecule has 0 fully saturated rings. The van der Waals surface area contributed by atoms with Gasteiger partial charge in [0.1, 0.15) is 5.01 Å². The molecular formula is C13H13ClN4O2S2. The van der Waals surface area contributed by atoms with E-state index in [0.717, 1.165) is 5.01 Å². The van der Waals surface area contributed by atoms with Gasteiger partial charge in [0.05, 0.1) is 11.4 Å².